The molecule has 2 N–H and O–H groups in total. The van der Waals surface area contributed by atoms with Crippen LogP contribution in [-0.2, 0) is 13.6 Å². The van der Waals surface area contributed by atoms with Crippen LogP contribution in [0, 0.1) is 0 Å². The molecule has 0 aliphatic carbocycles. The van der Waals surface area contributed by atoms with Crippen molar-refractivity contribution < 1.29 is 5.11 Å². The van der Waals surface area contributed by atoms with Gasteiger partial charge in [-0.25, -0.2) is 0 Å². The number of hydrogen-bond acceptors (Lipinski definition) is 4. The van der Waals surface area contributed by atoms with Gasteiger partial charge in [0.2, 0.25) is 0 Å². The van der Waals surface area contributed by atoms with E-state index in [-0.39, 0.29) is 6.10 Å². The van der Waals surface area contributed by atoms with Crippen molar-refractivity contribution in [1.82, 2.24) is 20.1 Å². The summed E-state index contributed by atoms with van der Waals surface area (Å²) in [5.41, 5.74) is 3.15. The van der Waals surface area contributed by atoms with Crippen molar-refractivity contribution in [2.24, 2.45) is 7.05 Å². The predicted molar refractivity (Wildman–Crippen MR) is 79.1 cm³/mol. The van der Waals surface area contributed by atoms with Gasteiger partial charge in [-0.05, 0) is 18.6 Å². The maximum atomic E-state index is 9.73. The van der Waals surface area contributed by atoms with Gasteiger partial charge in [-0.15, -0.1) is 0 Å². The number of rotatable bonds is 7. The largest absolute Gasteiger partial charge is 0.392 e. The first kappa shape index (κ1) is 14.7. The molecule has 1 unspecified atom stereocenters. The molecule has 108 valence electrons. The third-order valence-corrected chi connectivity index (χ3v) is 3.18. The fourth-order valence-electron chi connectivity index (χ4n) is 2.23. The molecule has 2 aromatic rings. The molecule has 0 bridgehead atoms. The number of nitrogens with one attached hydrogen (secondary N) is 1. The monoisotopic (exact) mass is 274 g/mol. The van der Waals surface area contributed by atoms with Crippen molar-refractivity contribution in [3.8, 4) is 11.3 Å². The van der Waals surface area contributed by atoms with Gasteiger partial charge in [0.15, 0.2) is 0 Å². The van der Waals surface area contributed by atoms with Crippen molar-refractivity contribution in [2.45, 2.75) is 32.4 Å². The molecule has 5 heteroatoms. The van der Waals surface area contributed by atoms with E-state index in [2.05, 4.69) is 22.3 Å². The second-order valence-corrected chi connectivity index (χ2v) is 4.99. The Morgan fingerprint density at radius 3 is 2.80 bits per heavy atom. The molecule has 5 nitrogen and oxygen atoms in total. The Labute approximate surface area is 119 Å². The summed E-state index contributed by atoms with van der Waals surface area (Å²) < 4.78 is 1.81. The maximum absolute atomic E-state index is 9.73. The summed E-state index contributed by atoms with van der Waals surface area (Å²) in [5, 5.41) is 17.5. The summed E-state index contributed by atoms with van der Waals surface area (Å²) in [6.07, 6.45) is 7.10. The minimum absolute atomic E-state index is 0.277. The molecule has 2 rings (SSSR count). The van der Waals surface area contributed by atoms with Crippen LogP contribution in [0.25, 0.3) is 11.3 Å². The highest BCUT2D eigenvalue weighted by Gasteiger charge is 2.10. The number of nitrogens with zero attached hydrogens (tertiary/aromatic N) is 3. The second kappa shape index (κ2) is 7.17. The summed E-state index contributed by atoms with van der Waals surface area (Å²) in [5.74, 6) is 0. The van der Waals surface area contributed by atoms with Gasteiger partial charge in [0.25, 0.3) is 0 Å². The van der Waals surface area contributed by atoms with E-state index in [9.17, 15) is 5.11 Å². The Morgan fingerprint density at radius 2 is 2.10 bits per heavy atom. The van der Waals surface area contributed by atoms with Crippen LogP contribution in [0.2, 0.25) is 0 Å². The van der Waals surface area contributed by atoms with Gasteiger partial charge >= 0.3 is 0 Å². The molecule has 2 aromatic heterocycles. The van der Waals surface area contributed by atoms with Crippen LogP contribution in [0.4, 0.5) is 0 Å². The SMILES string of the molecule is CCCC(O)CNCc1cn(C)nc1-c1ccncc1. The van der Waals surface area contributed by atoms with Crippen LogP contribution < -0.4 is 5.32 Å². The Morgan fingerprint density at radius 1 is 1.35 bits per heavy atom. The third kappa shape index (κ3) is 3.88. The lowest BCUT2D eigenvalue weighted by Gasteiger charge is -2.10. The predicted octanol–water partition coefficient (Wildman–Crippen LogP) is 1.73. The van der Waals surface area contributed by atoms with Crippen LogP contribution >= 0.6 is 0 Å². The van der Waals surface area contributed by atoms with Crippen molar-refractivity contribution in [3.05, 3.63) is 36.3 Å². The van der Waals surface area contributed by atoms with E-state index in [1.165, 1.54) is 0 Å². The molecule has 1 atom stereocenters. The van der Waals surface area contributed by atoms with E-state index in [0.29, 0.717) is 13.1 Å². The lowest BCUT2D eigenvalue weighted by Crippen LogP contribution is -2.26. The molecule has 0 radical (unpaired) electrons. The van der Waals surface area contributed by atoms with E-state index in [4.69, 9.17) is 0 Å². The van der Waals surface area contributed by atoms with Crippen molar-refractivity contribution in [2.75, 3.05) is 6.54 Å². The Hall–Kier alpha value is -1.72. The minimum atomic E-state index is -0.277. The highest BCUT2D eigenvalue weighted by molar-refractivity contribution is 5.61. The van der Waals surface area contributed by atoms with E-state index >= 15 is 0 Å². The number of aliphatic hydroxyl groups excluding tert-OH is 1. The lowest BCUT2D eigenvalue weighted by molar-refractivity contribution is 0.160. The third-order valence-electron chi connectivity index (χ3n) is 3.18. The van der Waals surface area contributed by atoms with Crippen LogP contribution in [0.15, 0.2) is 30.7 Å². The van der Waals surface area contributed by atoms with Crippen LogP contribution in [0.1, 0.15) is 25.3 Å². The second-order valence-electron chi connectivity index (χ2n) is 4.99. The number of aliphatic hydroxyl groups is 1. The molecule has 20 heavy (non-hydrogen) atoms. The molecule has 0 aliphatic heterocycles. The van der Waals surface area contributed by atoms with Gasteiger partial charge in [-0.1, -0.05) is 13.3 Å². The fourth-order valence-corrected chi connectivity index (χ4v) is 2.23. The molecular formula is C15H22N4O. The first-order valence-corrected chi connectivity index (χ1v) is 7.02. The number of hydrogen-bond donors (Lipinski definition) is 2. The smallest absolute Gasteiger partial charge is 0.0969 e. The normalized spacial score (nSPS) is 12.6. The standard InChI is InChI=1S/C15H22N4O/c1-3-4-14(20)10-17-9-13-11-19(2)18-15(13)12-5-7-16-8-6-12/h5-8,11,14,17,20H,3-4,9-10H2,1-2H3. The van der Waals surface area contributed by atoms with Gasteiger partial charge in [0, 0.05) is 49.9 Å². The van der Waals surface area contributed by atoms with Crippen LogP contribution in [0.5, 0.6) is 0 Å². The average molecular weight is 274 g/mol. The molecule has 0 amide bonds. The summed E-state index contributed by atoms with van der Waals surface area (Å²) in [6, 6.07) is 3.91. The summed E-state index contributed by atoms with van der Waals surface area (Å²) in [4.78, 5) is 4.03. The topological polar surface area (TPSA) is 63.0 Å². The highest BCUT2D eigenvalue weighted by atomic mass is 16.3. The zero-order valence-electron chi connectivity index (χ0n) is 12.1. The molecule has 0 fully saturated rings. The van der Waals surface area contributed by atoms with E-state index in [0.717, 1.165) is 29.7 Å². The Balaban J connectivity index is 2.02. The van der Waals surface area contributed by atoms with Crippen molar-refractivity contribution >= 4 is 0 Å². The molecule has 0 saturated carbocycles. The quantitative estimate of drug-likeness (QED) is 0.807. The van der Waals surface area contributed by atoms with Gasteiger partial charge < -0.3 is 10.4 Å². The average Bonchev–Trinajstić information content (AvgIpc) is 2.81. The first-order valence-electron chi connectivity index (χ1n) is 7.02. The summed E-state index contributed by atoms with van der Waals surface area (Å²) in [6.45, 7) is 3.39. The first-order chi connectivity index (χ1) is 9.70. The number of aromatic nitrogens is 3. The molecule has 0 aromatic carbocycles. The van der Waals surface area contributed by atoms with E-state index in [1.807, 2.05) is 30.1 Å². The Bertz CT molecular complexity index is 524. The van der Waals surface area contributed by atoms with Crippen LogP contribution in [0.3, 0.4) is 0 Å². The molecule has 0 spiro atoms. The lowest BCUT2D eigenvalue weighted by atomic mass is 10.1. The van der Waals surface area contributed by atoms with E-state index < -0.39 is 0 Å². The van der Waals surface area contributed by atoms with E-state index in [1.54, 1.807) is 12.4 Å². The molecule has 0 aliphatic rings. The molecule has 0 saturated heterocycles. The zero-order valence-corrected chi connectivity index (χ0v) is 12.1. The highest BCUT2D eigenvalue weighted by Crippen LogP contribution is 2.20. The van der Waals surface area contributed by atoms with Gasteiger partial charge in [0.1, 0.15) is 0 Å². The van der Waals surface area contributed by atoms with Crippen molar-refractivity contribution in [1.29, 1.82) is 0 Å². The fraction of sp³-hybridized carbons (Fsp3) is 0.467. The summed E-state index contributed by atoms with van der Waals surface area (Å²) >= 11 is 0. The Kier molecular flexibility index (Phi) is 5.26. The van der Waals surface area contributed by atoms with Gasteiger partial charge in [-0.3, -0.25) is 9.67 Å². The number of pyridine rings is 1. The minimum Gasteiger partial charge on any atom is -0.392 e. The maximum Gasteiger partial charge on any atom is 0.0969 e. The number of aryl methyl sites for hydroxylation is 1. The summed E-state index contributed by atoms with van der Waals surface area (Å²) in [7, 11) is 1.92. The zero-order chi connectivity index (χ0) is 14.4. The molecular weight excluding hydrogens is 252 g/mol. The van der Waals surface area contributed by atoms with Crippen LogP contribution in [-0.4, -0.2) is 32.5 Å². The van der Waals surface area contributed by atoms with Gasteiger partial charge in [0.05, 0.1) is 11.8 Å². The molecule has 2 heterocycles. The van der Waals surface area contributed by atoms with Gasteiger partial charge in [-0.2, -0.15) is 5.10 Å². The van der Waals surface area contributed by atoms with Crippen molar-refractivity contribution in [3.63, 3.8) is 0 Å².